The molecule has 8 nitrogen and oxygen atoms in total. The first-order valence-corrected chi connectivity index (χ1v) is 12.5. The van der Waals surface area contributed by atoms with Crippen molar-refractivity contribution in [1.29, 1.82) is 0 Å². The van der Waals surface area contributed by atoms with Crippen LogP contribution in [0.25, 0.3) is 0 Å². The van der Waals surface area contributed by atoms with E-state index in [0.29, 0.717) is 21.8 Å². The first kappa shape index (κ1) is 23.5. The second-order valence-electron chi connectivity index (χ2n) is 10.1. The quantitative estimate of drug-likeness (QED) is 0.638. The number of amides is 1. The predicted octanol–water partition coefficient (Wildman–Crippen LogP) is 3.02. The number of ether oxygens (including phenoxy) is 2. The molecule has 1 spiro atoms. The largest absolute Gasteiger partial charge is 0.495 e. The van der Waals surface area contributed by atoms with Gasteiger partial charge in [-0.15, -0.1) is 0 Å². The van der Waals surface area contributed by atoms with E-state index in [-0.39, 0.29) is 18.8 Å². The molecule has 1 aromatic rings. The molecule has 1 atom stereocenters. The number of guanidine groups is 1. The number of rotatable bonds is 6. The highest BCUT2D eigenvalue weighted by molar-refractivity contribution is 6.32. The van der Waals surface area contributed by atoms with Crippen molar-refractivity contribution in [2.45, 2.75) is 69.9 Å². The van der Waals surface area contributed by atoms with Crippen molar-refractivity contribution < 1.29 is 19.4 Å². The minimum atomic E-state index is -0.651. The van der Waals surface area contributed by atoms with Crippen LogP contribution in [0.15, 0.2) is 35.0 Å². The summed E-state index contributed by atoms with van der Waals surface area (Å²) in [6.07, 6.45) is 7.40. The number of hydrogen-bond donors (Lipinski definition) is 2. The molecule has 2 aliphatic carbocycles. The van der Waals surface area contributed by atoms with Crippen LogP contribution in [0, 0.1) is 5.41 Å². The highest BCUT2D eigenvalue weighted by atomic mass is 35.5. The number of benzene rings is 1. The Kier molecular flexibility index (Phi) is 6.48. The summed E-state index contributed by atoms with van der Waals surface area (Å²) in [5.41, 5.74) is 7.42. The lowest BCUT2D eigenvalue weighted by molar-refractivity contribution is -0.119. The summed E-state index contributed by atoms with van der Waals surface area (Å²) in [7, 11) is 1.58. The molecule has 9 heteroatoms. The van der Waals surface area contributed by atoms with Crippen molar-refractivity contribution in [3.05, 3.63) is 40.6 Å². The van der Waals surface area contributed by atoms with Crippen LogP contribution in [0.2, 0.25) is 5.02 Å². The molecule has 3 N–H and O–H groups in total. The van der Waals surface area contributed by atoms with E-state index in [9.17, 15) is 9.90 Å². The van der Waals surface area contributed by atoms with Gasteiger partial charge in [-0.1, -0.05) is 17.7 Å². The maximum Gasteiger partial charge on any atom is 0.250 e. The molecule has 1 unspecified atom stereocenters. The molecule has 1 saturated heterocycles. The van der Waals surface area contributed by atoms with E-state index in [1.807, 2.05) is 12.1 Å². The summed E-state index contributed by atoms with van der Waals surface area (Å²) >= 11 is 6.31. The standard InChI is InChI=1S/C25H33ClN4O4/c1-33-21-7-2-16(12-20(21)26)14-34-23-19(22(27)32)13-28-24(29-11-10-25(15-29)8-9-25)30(23)17-3-5-18(31)6-4-17/h2,7,12-13,17-18,23,31H,3-6,8-11,14-15H2,1H3,(H2,27,32)/t17-,18-,23?. The number of nitrogens with two attached hydrogens (primary N) is 1. The van der Waals surface area contributed by atoms with Crippen LogP contribution in [0.5, 0.6) is 5.75 Å². The van der Waals surface area contributed by atoms with Gasteiger partial charge in [0, 0.05) is 25.3 Å². The van der Waals surface area contributed by atoms with Gasteiger partial charge in [-0.2, -0.15) is 0 Å². The Morgan fingerprint density at radius 3 is 2.65 bits per heavy atom. The number of hydrogen-bond acceptors (Lipinski definition) is 7. The van der Waals surface area contributed by atoms with Gasteiger partial charge in [-0.25, -0.2) is 4.99 Å². The number of nitrogens with zero attached hydrogens (tertiary/aromatic N) is 3. The monoisotopic (exact) mass is 488 g/mol. The van der Waals surface area contributed by atoms with Crippen molar-refractivity contribution in [1.82, 2.24) is 9.80 Å². The molecule has 2 saturated carbocycles. The summed E-state index contributed by atoms with van der Waals surface area (Å²) in [6, 6.07) is 5.61. The molecule has 4 aliphatic rings. The fourth-order valence-corrected chi connectivity index (χ4v) is 5.75. The van der Waals surface area contributed by atoms with Gasteiger partial charge in [0.15, 0.2) is 6.23 Å². The van der Waals surface area contributed by atoms with Gasteiger partial charge in [0.25, 0.3) is 5.91 Å². The van der Waals surface area contributed by atoms with Gasteiger partial charge in [0.05, 0.1) is 30.4 Å². The Hall–Kier alpha value is -2.29. The number of carbonyl (C=O) groups is 1. The topological polar surface area (TPSA) is 101 Å². The average molecular weight is 489 g/mol. The summed E-state index contributed by atoms with van der Waals surface area (Å²) < 4.78 is 11.7. The van der Waals surface area contributed by atoms with Crippen molar-refractivity contribution >= 4 is 23.5 Å². The number of likely N-dealkylation sites (tertiary alicyclic amines) is 1. The van der Waals surface area contributed by atoms with Crippen molar-refractivity contribution in [3.8, 4) is 5.75 Å². The first-order valence-electron chi connectivity index (χ1n) is 12.1. The molecule has 0 radical (unpaired) electrons. The van der Waals surface area contributed by atoms with Crippen molar-refractivity contribution in [2.24, 2.45) is 16.1 Å². The Morgan fingerprint density at radius 2 is 2.03 bits per heavy atom. The average Bonchev–Trinajstić information content (AvgIpc) is 3.46. The smallest absolute Gasteiger partial charge is 0.250 e. The highest BCUT2D eigenvalue weighted by Gasteiger charge is 2.50. The van der Waals surface area contributed by atoms with Gasteiger partial charge >= 0.3 is 0 Å². The zero-order chi connectivity index (χ0) is 23.9. The van der Waals surface area contributed by atoms with E-state index in [0.717, 1.165) is 50.3 Å². The molecule has 5 rings (SSSR count). The molecule has 0 aromatic heterocycles. The lowest BCUT2D eigenvalue weighted by Gasteiger charge is -2.46. The number of aliphatic hydroxyl groups is 1. The Bertz CT molecular complexity index is 1000. The van der Waals surface area contributed by atoms with Crippen LogP contribution < -0.4 is 10.5 Å². The van der Waals surface area contributed by atoms with Gasteiger partial charge in [0.2, 0.25) is 5.96 Å². The number of methoxy groups -OCH3 is 1. The highest BCUT2D eigenvalue weighted by Crippen LogP contribution is 2.53. The van der Waals surface area contributed by atoms with Gasteiger partial charge in [0.1, 0.15) is 5.75 Å². The molecule has 2 heterocycles. The SMILES string of the molecule is COc1ccc(COC2C(C(N)=O)=CN=C(N3CCC4(CC4)C3)N2[C@H]2CC[C@H](O)CC2)cc1Cl. The second kappa shape index (κ2) is 9.40. The van der Waals surface area contributed by atoms with Crippen LogP contribution in [0.4, 0.5) is 0 Å². The third-order valence-electron chi connectivity index (χ3n) is 7.72. The van der Waals surface area contributed by atoms with E-state index < -0.39 is 12.1 Å². The molecule has 184 valence electrons. The van der Waals surface area contributed by atoms with Gasteiger partial charge in [-0.05, 0) is 68.1 Å². The van der Waals surface area contributed by atoms with Crippen molar-refractivity contribution in [3.63, 3.8) is 0 Å². The molecule has 34 heavy (non-hydrogen) atoms. The van der Waals surface area contributed by atoms with Crippen LogP contribution >= 0.6 is 11.6 Å². The first-order chi connectivity index (χ1) is 16.4. The summed E-state index contributed by atoms with van der Waals surface area (Å²) in [6.45, 7) is 2.19. The predicted molar refractivity (Wildman–Crippen MR) is 129 cm³/mol. The third-order valence-corrected chi connectivity index (χ3v) is 8.01. The normalized spacial score (nSPS) is 28.0. The number of primary amides is 1. The lowest BCUT2D eigenvalue weighted by Crippen LogP contribution is -2.58. The summed E-state index contributed by atoms with van der Waals surface area (Å²) in [5, 5.41) is 10.6. The fourth-order valence-electron chi connectivity index (χ4n) is 5.47. The maximum absolute atomic E-state index is 12.4. The minimum absolute atomic E-state index is 0.102. The van der Waals surface area contributed by atoms with Gasteiger partial charge in [-0.3, -0.25) is 4.79 Å². The van der Waals surface area contributed by atoms with Gasteiger partial charge < -0.3 is 30.1 Å². The molecule has 1 aromatic carbocycles. The lowest BCUT2D eigenvalue weighted by atomic mass is 9.91. The molecular formula is C25H33ClN4O4. The van der Waals surface area contributed by atoms with E-state index in [1.165, 1.54) is 19.3 Å². The van der Waals surface area contributed by atoms with Crippen LogP contribution in [0.3, 0.4) is 0 Å². The second-order valence-corrected chi connectivity index (χ2v) is 10.5. The van der Waals surface area contributed by atoms with E-state index in [2.05, 4.69) is 9.80 Å². The minimum Gasteiger partial charge on any atom is -0.495 e. The van der Waals surface area contributed by atoms with E-state index >= 15 is 0 Å². The zero-order valence-corrected chi connectivity index (χ0v) is 20.3. The third kappa shape index (κ3) is 4.63. The molecule has 1 amide bonds. The number of aliphatic hydroxyl groups excluding tert-OH is 1. The van der Waals surface area contributed by atoms with E-state index in [1.54, 1.807) is 19.4 Å². The number of carbonyl (C=O) groups excluding carboxylic acids is 1. The Balaban J connectivity index is 1.43. The molecule has 2 aliphatic heterocycles. The van der Waals surface area contributed by atoms with Crippen molar-refractivity contribution in [2.75, 3.05) is 20.2 Å². The summed E-state index contributed by atoms with van der Waals surface area (Å²) in [4.78, 5) is 21.7. The number of aliphatic imine (C=N–C) groups is 1. The molecule has 0 bridgehead atoms. The maximum atomic E-state index is 12.4. The molecule has 3 fully saturated rings. The summed E-state index contributed by atoms with van der Waals surface area (Å²) in [5.74, 6) is 0.912. The van der Waals surface area contributed by atoms with E-state index in [4.69, 9.17) is 31.8 Å². The Morgan fingerprint density at radius 1 is 1.26 bits per heavy atom. The fraction of sp³-hybridized carbons (Fsp3) is 0.600. The Labute approximate surface area is 205 Å². The van der Waals surface area contributed by atoms with Crippen LogP contribution in [-0.4, -0.2) is 65.3 Å². The van der Waals surface area contributed by atoms with Crippen LogP contribution in [0.1, 0.15) is 50.5 Å². The zero-order valence-electron chi connectivity index (χ0n) is 19.6. The number of halogens is 1. The molecular weight excluding hydrogens is 456 g/mol. The van der Waals surface area contributed by atoms with Crippen LogP contribution in [-0.2, 0) is 16.1 Å².